The highest BCUT2D eigenvalue weighted by Gasteiger charge is 2.36. The molecule has 1 aromatic carbocycles. The Balaban J connectivity index is 2.22. The number of nitrogens with two attached hydrogens (primary N) is 1. The van der Waals surface area contributed by atoms with Gasteiger partial charge in [0.05, 0.1) is 23.4 Å². The monoisotopic (exact) mass is 298 g/mol. The van der Waals surface area contributed by atoms with Crippen molar-refractivity contribution in [2.45, 2.75) is 38.1 Å². The summed E-state index contributed by atoms with van der Waals surface area (Å²) in [7, 11) is 0. The third-order valence-corrected chi connectivity index (χ3v) is 4.10. The molecule has 6 heteroatoms. The molecule has 2 unspecified atom stereocenters. The third-order valence-electron chi connectivity index (χ3n) is 4.10. The molecular weight excluding hydrogens is 278 g/mol. The first-order valence-corrected chi connectivity index (χ1v) is 7.05. The van der Waals surface area contributed by atoms with E-state index in [1.165, 1.54) is 0 Å². The largest absolute Gasteiger partial charge is 0.396 e. The highest BCUT2D eigenvalue weighted by Crippen LogP contribution is 2.32. The SMILES string of the molecule is CC1CCCC(CO)(NC(=O)c2cc(N)c(F)cc2F)C1. The lowest BCUT2D eigenvalue weighted by atomic mass is 9.76. The summed E-state index contributed by atoms with van der Waals surface area (Å²) < 4.78 is 26.9. The first-order valence-electron chi connectivity index (χ1n) is 7.05. The predicted octanol–water partition coefficient (Wildman–Crippen LogP) is 2.22. The van der Waals surface area contributed by atoms with Crippen LogP contribution in [0.4, 0.5) is 14.5 Å². The van der Waals surface area contributed by atoms with Gasteiger partial charge in [-0.25, -0.2) is 8.78 Å². The van der Waals surface area contributed by atoms with Crippen molar-refractivity contribution >= 4 is 11.6 Å². The van der Waals surface area contributed by atoms with Gasteiger partial charge in [-0.1, -0.05) is 19.8 Å². The Kier molecular flexibility index (Phi) is 4.46. The van der Waals surface area contributed by atoms with Gasteiger partial charge in [0.25, 0.3) is 5.91 Å². The zero-order valence-electron chi connectivity index (χ0n) is 12.0. The van der Waals surface area contributed by atoms with Crippen molar-refractivity contribution in [1.82, 2.24) is 5.32 Å². The average molecular weight is 298 g/mol. The Hall–Kier alpha value is -1.69. The van der Waals surface area contributed by atoms with E-state index >= 15 is 0 Å². The fraction of sp³-hybridized carbons (Fsp3) is 0.533. The van der Waals surface area contributed by atoms with Crippen molar-refractivity contribution in [3.63, 3.8) is 0 Å². The van der Waals surface area contributed by atoms with Crippen molar-refractivity contribution in [3.05, 3.63) is 29.3 Å². The fourth-order valence-corrected chi connectivity index (χ4v) is 3.00. The average Bonchev–Trinajstić information content (AvgIpc) is 2.42. The number of anilines is 1. The molecule has 21 heavy (non-hydrogen) atoms. The van der Waals surface area contributed by atoms with Crippen LogP contribution in [0.5, 0.6) is 0 Å². The Bertz CT molecular complexity index is 551. The Morgan fingerprint density at radius 1 is 1.48 bits per heavy atom. The third kappa shape index (κ3) is 3.32. The molecule has 0 radical (unpaired) electrons. The molecule has 4 nitrogen and oxygen atoms in total. The molecule has 1 aliphatic carbocycles. The number of aliphatic hydroxyl groups is 1. The summed E-state index contributed by atoms with van der Waals surface area (Å²) in [5, 5.41) is 12.3. The normalized spacial score (nSPS) is 25.6. The number of benzene rings is 1. The van der Waals surface area contributed by atoms with E-state index in [9.17, 15) is 18.7 Å². The van der Waals surface area contributed by atoms with Crippen molar-refractivity contribution < 1.29 is 18.7 Å². The second kappa shape index (κ2) is 5.97. The van der Waals surface area contributed by atoms with Gasteiger partial charge in [-0.2, -0.15) is 0 Å². The zero-order valence-corrected chi connectivity index (χ0v) is 12.0. The second-order valence-corrected chi connectivity index (χ2v) is 5.95. The maximum absolute atomic E-state index is 13.7. The molecule has 1 aromatic rings. The van der Waals surface area contributed by atoms with Crippen LogP contribution in [0.2, 0.25) is 0 Å². The van der Waals surface area contributed by atoms with E-state index in [4.69, 9.17) is 5.73 Å². The highest BCUT2D eigenvalue weighted by molar-refractivity contribution is 5.95. The molecule has 1 fully saturated rings. The van der Waals surface area contributed by atoms with Crippen LogP contribution in [0.1, 0.15) is 43.0 Å². The number of hydrogen-bond acceptors (Lipinski definition) is 3. The molecule has 1 aliphatic rings. The molecule has 2 atom stereocenters. The summed E-state index contributed by atoms with van der Waals surface area (Å²) in [6.07, 6.45) is 3.19. The molecule has 4 N–H and O–H groups in total. The number of carbonyl (C=O) groups excluding carboxylic acids is 1. The number of halogens is 2. The number of rotatable bonds is 3. The molecule has 0 heterocycles. The number of aliphatic hydroxyl groups excluding tert-OH is 1. The van der Waals surface area contributed by atoms with Gasteiger partial charge in [0, 0.05) is 6.07 Å². The number of nitrogens with one attached hydrogen (secondary N) is 1. The van der Waals surface area contributed by atoms with Crippen LogP contribution in [0, 0.1) is 17.6 Å². The smallest absolute Gasteiger partial charge is 0.254 e. The first-order chi connectivity index (χ1) is 9.87. The van der Waals surface area contributed by atoms with Crippen LogP contribution in [-0.2, 0) is 0 Å². The minimum Gasteiger partial charge on any atom is -0.396 e. The van der Waals surface area contributed by atoms with Gasteiger partial charge in [0.15, 0.2) is 0 Å². The maximum atomic E-state index is 13.7. The summed E-state index contributed by atoms with van der Waals surface area (Å²) >= 11 is 0. The van der Waals surface area contributed by atoms with Crippen LogP contribution in [0.25, 0.3) is 0 Å². The van der Waals surface area contributed by atoms with Crippen LogP contribution >= 0.6 is 0 Å². The van der Waals surface area contributed by atoms with Gasteiger partial charge in [0.2, 0.25) is 0 Å². The maximum Gasteiger partial charge on any atom is 0.254 e. The molecule has 0 bridgehead atoms. The number of nitrogen functional groups attached to an aromatic ring is 1. The van der Waals surface area contributed by atoms with Crippen molar-refractivity contribution in [3.8, 4) is 0 Å². The van der Waals surface area contributed by atoms with E-state index in [2.05, 4.69) is 5.32 Å². The van der Waals surface area contributed by atoms with E-state index in [0.29, 0.717) is 24.8 Å². The lowest BCUT2D eigenvalue weighted by molar-refractivity contribution is 0.0693. The number of amides is 1. The predicted molar refractivity (Wildman–Crippen MR) is 75.7 cm³/mol. The Morgan fingerprint density at radius 3 is 2.81 bits per heavy atom. The van der Waals surface area contributed by atoms with Gasteiger partial charge in [-0.3, -0.25) is 4.79 Å². The van der Waals surface area contributed by atoms with Gasteiger partial charge < -0.3 is 16.2 Å². The molecule has 0 saturated heterocycles. The zero-order chi connectivity index (χ0) is 15.6. The lowest BCUT2D eigenvalue weighted by Gasteiger charge is -2.39. The molecule has 1 saturated carbocycles. The van der Waals surface area contributed by atoms with Crippen molar-refractivity contribution in [1.29, 1.82) is 0 Å². The Morgan fingerprint density at radius 2 is 2.19 bits per heavy atom. The van der Waals surface area contributed by atoms with Gasteiger partial charge in [0.1, 0.15) is 11.6 Å². The molecule has 0 spiro atoms. The minimum absolute atomic E-state index is 0.207. The number of carbonyl (C=O) groups is 1. The second-order valence-electron chi connectivity index (χ2n) is 5.95. The Labute approximate surface area is 122 Å². The molecule has 0 aromatic heterocycles. The summed E-state index contributed by atoms with van der Waals surface area (Å²) in [6.45, 7) is 1.84. The summed E-state index contributed by atoms with van der Waals surface area (Å²) in [5.74, 6) is -2.17. The van der Waals surface area contributed by atoms with Gasteiger partial charge >= 0.3 is 0 Å². The topological polar surface area (TPSA) is 75.3 Å². The van der Waals surface area contributed by atoms with Crippen LogP contribution in [0.15, 0.2) is 12.1 Å². The molecule has 2 rings (SSSR count). The summed E-state index contributed by atoms with van der Waals surface area (Å²) in [5.41, 5.74) is 4.04. The summed E-state index contributed by atoms with van der Waals surface area (Å²) in [6, 6.07) is 1.58. The minimum atomic E-state index is -0.962. The van der Waals surface area contributed by atoms with E-state index in [0.717, 1.165) is 18.9 Å². The van der Waals surface area contributed by atoms with Crippen molar-refractivity contribution in [2.24, 2.45) is 5.92 Å². The molecule has 116 valence electrons. The van der Waals surface area contributed by atoms with Gasteiger partial charge in [-0.15, -0.1) is 0 Å². The van der Waals surface area contributed by atoms with Gasteiger partial charge in [-0.05, 0) is 24.8 Å². The standard InChI is InChI=1S/C15H20F2N2O2/c1-9-3-2-4-15(7-9,8-20)19-14(21)10-5-13(18)12(17)6-11(10)16/h5-6,9,20H,2-4,7-8,18H2,1H3,(H,19,21). The van der Waals surface area contributed by atoms with E-state index in [1.807, 2.05) is 6.92 Å². The van der Waals surface area contributed by atoms with Crippen LogP contribution in [0.3, 0.4) is 0 Å². The highest BCUT2D eigenvalue weighted by atomic mass is 19.1. The lowest BCUT2D eigenvalue weighted by Crippen LogP contribution is -2.54. The fourth-order valence-electron chi connectivity index (χ4n) is 3.00. The van der Waals surface area contributed by atoms with E-state index in [1.54, 1.807) is 0 Å². The first kappa shape index (κ1) is 15.7. The number of hydrogen-bond donors (Lipinski definition) is 3. The van der Waals surface area contributed by atoms with Crippen molar-refractivity contribution in [2.75, 3.05) is 12.3 Å². The summed E-state index contributed by atoms with van der Waals surface area (Å²) in [4.78, 5) is 12.2. The van der Waals surface area contributed by atoms with E-state index in [-0.39, 0.29) is 17.9 Å². The quantitative estimate of drug-likeness (QED) is 0.749. The van der Waals surface area contributed by atoms with Crippen LogP contribution < -0.4 is 11.1 Å². The molecule has 1 amide bonds. The van der Waals surface area contributed by atoms with E-state index < -0.39 is 23.1 Å². The van der Waals surface area contributed by atoms with Crippen LogP contribution in [-0.4, -0.2) is 23.2 Å². The molecule has 0 aliphatic heterocycles. The molecular formula is C15H20F2N2O2.